The number of rotatable bonds is 10. The molecule has 0 aliphatic heterocycles. The van der Waals surface area contributed by atoms with Gasteiger partial charge in [0.25, 0.3) is 0 Å². The molecule has 0 saturated heterocycles. The molecular weight excluding hydrogens is 246 g/mol. The number of hydrogen-bond donors (Lipinski definition) is 1. The molecule has 1 unspecified atom stereocenters. The van der Waals surface area contributed by atoms with Gasteiger partial charge in [-0.3, -0.25) is 0 Å². The molecule has 1 atom stereocenters. The van der Waals surface area contributed by atoms with Crippen LogP contribution >= 0.6 is 0 Å². The van der Waals surface area contributed by atoms with Gasteiger partial charge in [0, 0.05) is 6.04 Å². The van der Waals surface area contributed by atoms with E-state index in [1.807, 2.05) is 0 Å². The molecule has 0 amide bonds. The Morgan fingerprint density at radius 1 is 1.10 bits per heavy atom. The number of ether oxygens (including phenoxy) is 1. The van der Waals surface area contributed by atoms with Gasteiger partial charge in [0.05, 0.1) is 6.61 Å². The fraction of sp³-hybridized carbons (Fsp3) is 0.667. The van der Waals surface area contributed by atoms with Crippen LogP contribution in [-0.2, 0) is 6.42 Å². The number of para-hydroxylation sites is 1. The van der Waals surface area contributed by atoms with Crippen LogP contribution < -0.4 is 10.1 Å². The summed E-state index contributed by atoms with van der Waals surface area (Å²) in [4.78, 5) is 0. The number of benzene rings is 1. The molecule has 2 nitrogen and oxygen atoms in total. The summed E-state index contributed by atoms with van der Waals surface area (Å²) in [5, 5.41) is 3.66. The Morgan fingerprint density at radius 3 is 2.50 bits per heavy atom. The molecule has 1 N–H and O–H groups in total. The van der Waals surface area contributed by atoms with Crippen LogP contribution in [0.1, 0.15) is 52.5 Å². The highest BCUT2D eigenvalue weighted by molar-refractivity contribution is 5.33. The Labute approximate surface area is 124 Å². The van der Waals surface area contributed by atoms with Crippen LogP contribution in [0.2, 0.25) is 0 Å². The molecule has 0 heterocycles. The predicted octanol–water partition coefficient (Wildman–Crippen LogP) is 4.43. The Morgan fingerprint density at radius 2 is 1.85 bits per heavy atom. The molecule has 20 heavy (non-hydrogen) atoms. The monoisotopic (exact) mass is 277 g/mol. The van der Waals surface area contributed by atoms with E-state index in [9.17, 15) is 0 Å². The quantitative estimate of drug-likeness (QED) is 0.683. The van der Waals surface area contributed by atoms with Gasteiger partial charge in [-0.1, -0.05) is 45.9 Å². The summed E-state index contributed by atoms with van der Waals surface area (Å²) >= 11 is 0. The van der Waals surface area contributed by atoms with Crippen LogP contribution in [0.4, 0.5) is 0 Å². The fourth-order valence-corrected chi connectivity index (χ4v) is 2.38. The van der Waals surface area contributed by atoms with Crippen molar-refractivity contribution in [2.75, 3.05) is 13.2 Å². The van der Waals surface area contributed by atoms with Crippen LogP contribution in [0.25, 0.3) is 0 Å². The highest BCUT2D eigenvalue weighted by Gasteiger charge is 2.13. The summed E-state index contributed by atoms with van der Waals surface area (Å²) in [7, 11) is 0. The van der Waals surface area contributed by atoms with Gasteiger partial charge >= 0.3 is 0 Å². The summed E-state index contributed by atoms with van der Waals surface area (Å²) in [6.45, 7) is 10.9. The van der Waals surface area contributed by atoms with Crippen molar-refractivity contribution in [2.24, 2.45) is 5.92 Å². The molecule has 0 radical (unpaired) electrons. The van der Waals surface area contributed by atoms with Gasteiger partial charge in [0.2, 0.25) is 0 Å². The number of hydrogen-bond acceptors (Lipinski definition) is 2. The second-order valence-electron chi connectivity index (χ2n) is 5.80. The van der Waals surface area contributed by atoms with E-state index in [4.69, 9.17) is 4.74 Å². The summed E-state index contributed by atoms with van der Waals surface area (Å²) in [5.74, 6) is 1.73. The second-order valence-corrected chi connectivity index (χ2v) is 5.80. The highest BCUT2D eigenvalue weighted by Crippen LogP contribution is 2.21. The average molecular weight is 277 g/mol. The van der Waals surface area contributed by atoms with Crippen LogP contribution in [0.5, 0.6) is 5.75 Å². The predicted molar refractivity (Wildman–Crippen MR) is 87.5 cm³/mol. The van der Waals surface area contributed by atoms with Crippen molar-refractivity contribution in [1.29, 1.82) is 0 Å². The summed E-state index contributed by atoms with van der Waals surface area (Å²) in [6, 6.07) is 9.05. The summed E-state index contributed by atoms with van der Waals surface area (Å²) < 4.78 is 5.84. The zero-order valence-electron chi connectivity index (χ0n) is 13.6. The molecule has 114 valence electrons. The highest BCUT2D eigenvalue weighted by atomic mass is 16.5. The van der Waals surface area contributed by atoms with Gasteiger partial charge in [-0.2, -0.15) is 0 Å². The lowest BCUT2D eigenvalue weighted by atomic mass is 9.96. The number of nitrogens with one attached hydrogen (secondary N) is 1. The van der Waals surface area contributed by atoms with Gasteiger partial charge < -0.3 is 10.1 Å². The SMILES string of the molecule is CCCNC(CCc1ccccc1OCCC)C(C)C. The molecular formula is C18H31NO. The Bertz CT molecular complexity index is 362. The molecule has 0 aliphatic carbocycles. The number of aryl methyl sites for hydroxylation is 1. The molecule has 1 rings (SSSR count). The first-order chi connectivity index (χ1) is 9.69. The zero-order chi connectivity index (χ0) is 14.8. The fourth-order valence-electron chi connectivity index (χ4n) is 2.38. The van der Waals surface area contributed by atoms with Crippen molar-refractivity contribution < 1.29 is 4.74 Å². The first kappa shape index (κ1) is 17.0. The van der Waals surface area contributed by atoms with Crippen molar-refractivity contribution in [1.82, 2.24) is 5.32 Å². The maximum absolute atomic E-state index is 5.84. The van der Waals surface area contributed by atoms with E-state index in [1.165, 1.54) is 18.4 Å². The molecule has 1 aromatic rings. The summed E-state index contributed by atoms with van der Waals surface area (Å²) in [5.41, 5.74) is 1.34. The van der Waals surface area contributed by atoms with Crippen molar-refractivity contribution in [3.05, 3.63) is 29.8 Å². The van der Waals surface area contributed by atoms with Crippen LogP contribution in [0.15, 0.2) is 24.3 Å². The Balaban J connectivity index is 2.57. The third-order valence-electron chi connectivity index (χ3n) is 3.62. The minimum absolute atomic E-state index is 0.592. The Hall–Kier alpha value is -1.02. The van der Waals surface area contributed by atoms with Gasteiger partial charge in [0.1, 0.15) is 5.75 Å². The lowest BCUT2D eigenvalue weighted by molar-refractivity contribution is 0.312. The molecule has 0 saturated carbocycles. The van der Waals surface area contributed by atoms with E-state index < -0.39 is 0 Å². The maximum atomic E-state index is 5.84. The lowest BCUT2D eigenvalue weighted by Crippen LogP contribution is -2.34. The summed E-state index contributed by atoms with van der Waals surface area (Å²) in [6.07, 6.45) is 4.50. The smallest absolute Gasteiger partial charge is 0.122 e. The van der Waals surface area contributed by atoms with E-state index in [2.05, 4.69) is 57.3 Å². The van der Waals surface area contributed by atoms with Crippen molar-refractivity contribution >= 4 is 0 Å². The molecule has 2 heteroatoms. The third-order valence-corrected chi connectivity index (χ3v) is 3.62. The molecule has 1 aromatic carbocycles. The first-order valence-electron chi connectivity index (χ1n) is 8.13. The van der Waals surface area contributed by atoms with Crippen LogP contribution in [0, 0.1) is 5.92 Å². The normalized spacial score (nSPS) is 12.7. The van der Waals surface area contributed by atoms with Gasteiger partial charge in [-0.05, 0) is 49.8 Å². The zero-order valence-corrected chi connectivity index (χ0v) is 13.6. The molecule has 0 bridgehead atoms. The van der Waals surface area contributed by atoms with E-state index in [-0.39, 0.29) is 0 Å². The van der Waals surface area contributed by atoms with Crippen molar-refractivity contribution in [3.63, 3.8) is 0 Å². The minimum atomic E-state index is 0.592. The molecule has 0 aromatic heterocycles. The van der Waals surface area contributed by atoms with Crippen molar-refractivity contribution in [2.45, 2.75) is 59.4 Å². The van der Waals surface area contributed by atoms with E-state index in [0.29, 0.717) is 12.0 Å². The van der Waals surface area contributed by atoms with Crippen LogP contribution in [0.3, 0.4) is 0 Å². The van der Waals surface area contributed by atoms with E-state index >= 15 is 0 Å². The van der Waals surface area contributed by atoms with Gasteiger partial charge in [-0.15, -0.1) is 0 Å². The molecule has 0 aliphatic rings. The topological polar surface area (TPSA) is 21.3 Å². The van der Waals surface area contributed by atoms with Gasteiger partial charge in [-0.25, -0.2) is 0 Å². The van der Waals surface area contributed by atoms with Crippen molar-refractivity contribution in [3.8, 4) is 5.75 Å². The molecule has 0 spiro atoms. The first-order valence-corrected chi connectivity index (χ1v) is 8.13. The van der Waals surface area contributed by atoms with E-state index in [1.54, 1.807) is 0 Å². The van der Waals surface area contributed by atoms with Crippen LogP contribution in [-0.4, -0.2) is 19.2 Å². The standard InChI is InChI=1S/C18H31NO/c1-5-13-19-17(15(3)4)12-11-16-9-7-8-10-18(16)20-14-6-2/h7-10,15,17,19H,5-6,11-14H2,1-4H3. The Kier molecular flexibility index (Phi) is 8.36. The largest absolute Gasteiger partial charge is 0.493 e. The van der Waals surface area contributed by atoms with Gasteiger partial charge in [0.15, 0.2) is 0 Å². The van der Waals surface area contributed by atoms with E-state index in [0.717, 1.165) is 31.7 Å². The minimum Gasteiger partial charge on any atom is -0.493 e. The lowest BCUT2D eigenvalue weighted by Gasteiger charge is -2.22. The average Bonchev–Trinajstić information content (AvgIpc) is 2.45. The molecule has 0 fully saturated rings. The maximum Gasteiger partial charge on any atom is 0.122 e. The third kappa shape index (κ3) is 5.96. The second kappa shape index (κ2) is 9.82.